The molecule has 3 aromatic rings. The van der Waals surface area contributed by atoms with E-state index in [0.29, 0.717) is 12.1 Å². The monoisotopic (exact) mass is 487 g/mol. The normalized spacial score (nSPS) is 18.5. The molecule has 35 heavy (non-hydrogen) atoms. The molecule has 0 aromatic heterocycles. The first kappa shape index (κ1) is 23.1. The lowest BCUT2D eigenvalue weighted by Crippen LogP contribution is -2.44. The highest BCUT2D eigenvalue weighted by molar-refractivity contribution is 7.99. The number of carbonyl (C=O) groups is 2. The number of fused-ring (bicyclic) bond motifs is 2. The van der Waals surface area contributed by atoms with Crippen molar-refractivity contribution in [2.45, 2.75) is 35.3 Å². The summed E-state index contributed by atoms with van der Waals surface area (Å²) in [5, 5.41) is 16.9. The maximum absolute atomic E-state index is 13.5. The molecule has 3 aromatic carbocycles. The Morgan fingerprint density at radius 3 is 2.20 bits per heavy atom. The Kier molecular flexibility index (Phi) is 6.32. The summed E-state index contributed by atoms with van der Waals surface area (Å²) >= 11 is 1.70. The molecular weight excluding hydrogens is 462 g/mol. The molecule has 0 saturated carbocycles. The topological polar surface area (TPSA) is 82.4 Å². The van der Waals surface area contributed by atoms with Gasteiger partial charge in [0, 0.05) is 28.3 Å². The predicted octanol–water partition coefficient (Wildman–Crippen LogP) is 4.68. The number of benzene rings is 3. The molecule has 178 valence electrons. The van der Waals surface area contributed by atoms with Crippen molar-refractivity contribution in [3.8, 4) is 0 Å². The second kappa shape index (κ2) is 9.56. The third kappa shape index (κ3) is 4.31. The van der Waals surface area contributed by atoms with Crippen LogP contribution in [0.5, 0.6) is 0 Å². The lowest BCUT2D eigenvalue weighted by molar-refractivity contribution is -0.157. The number of nitrogens with zero attached hydrogens (tertiary/aromatic N) is 3. The Morgan fingerprint density at radius 1 is 0.971 bits per heavy atom. The van der Waals surface area contributed by atoms with Gasteiger partial charge in [-0.05, 0) is 31.2 Å². The number of rotatable bonds is 6. The van der Waals surface area contributed by atoms with E-state index < -0.39 is 11.7 Å². The zero-order valence-corrected chi connectivity index (χ0v) is 20.1. The average Bonchev–Trinajstić information content (AvgIpc) is 3.26. The number of anilines is 2. The fraction of sp³-hybridized carbons (Fsp3) is 0.222. The minimum atomic E-state index is -1.76. The minimum absolute atomic E-state index is 0.0246. The average molecular weight is 488 g/mol. The van der Waals surface area contributed by atoms with Crippen LogP contribution in [0.4, 0.5) is 11.4 Å². The lowest BCUT2D eigenvalue weighted by Gasteiger charge is -2.34. The highest BCUT2D eigenvalue weighted by Gasteiger charge is 2.47. The van der Waals surface area contributed by atoms with Gasteiger partial charge in [-0.2, -0.15) is 10.1 Å². The molecule has 0 radical (unpaired) electrons. The van der Waals surface area contributed by atoms with Gasteiger partial charge in [0.15, 0.2) is 11.4 Å². The number of hydrogen-bond donors (Lipinski definition) is 1. The number of ether oxygens (including phenoxy) is 1. The molecule has 0 bridgehead atoms. The van der Waals surface area contributed by atoms with Crippen LogP contribution in [0.25, 0.3) is 0 Å². The fourth-order valence-electron chi connectivity index (χ4n) is 4.40. The zero-order valence-electron chi connectivity index (χ0n) is 19.3. The van der Waals surface area contributed by atoms with E-state index in [1.165, 1.54) is 0 Å². The van der Waals surface area contributed by atoms with Crippen molar-refractivity contribution in [3.05, 3.63) is 84.4 Å². The van der Waals surface area contributed by atoms with E-state index in [0.717, 1.165) is 26.2 Å². The smallest absolute Gasteiger partial charge is 0.354 e. The molecular formula is C27H25N3O4S. The van der Waals surface area contributed by atoms with Gasteiger partial charge in [-0.1, -0.05) is 66.4 Å². The summed E-state index contributed by atoms with van der Waals surface area (Å²) < 4.78 is 5.09. The van der Waals surface area contributed by atoms with E-state index in [-0.39, 0.29) is 31.1 Å². The number of hydrogen-bond acceptors (Lipinski definition) is 7. The molecule has 1 unspecified atom stereocenters. The molecule has 8 heteroatoms. The van der Waals surface area contributed by atoms with Crippen molar-refractivity contribution in [2.75, 3.05) is 18.1 Å². The first-order valence-corrected chi connectivity index (χ1v) is 12.3. The van der Waals surface area contributed by atoms with Gasteiger partial charge in [0.05, 0.1) is 24.4 Å². The van der Waals surface area contributed by atoms with Gasteiger partial charge >= 0.3 is 5.97 Å². The van der Waals surface area contributed by atoms with E-state index in [1.54, 1.807) is 43.0 Å². The van der Waals surface area contributed by atoms with Gasteiger partial charge in [0.25, 0.3) is 0 Å². The van der Waals surface area contributed by atoms with Crippen LogP contribution in [0.3, 0.4) is 0 Å². The quantitative estimate of drug-likeness (QED) is 0.509. The van der Waals surface area contributed by atoms with Crippen LogP contribution in [0.1, 0.15) is 25.3 Å². The minimum Gasteiger partial charge on any atom is -0.461 e. The van der Waals surface area contributed by atoms with Gasteiger partial charge in [-0.3, -0.25) is 4.79 Å². The van der Waals surface area contributed by atoms with E-state index in [1.807, 2.05) is 42.5 Å². The number of hydrazone groups is 1. The Bertz CT molecular complexity index is 1250. The van der Waals surface area contributed by atoms with Crippen LogP contribution < -0.4 is 4.90 Å². The number of aliphatic hydroxyl groups is 1. The largest absolute Gasteiger partial charge is 0.461 e. The molecule has 1 atom stereocenters. The van der Waals surface area contributed by atoms with Gasteiger partial charge in [-0.25, -0.2) is 4.79 Å². The van der Waals surface area contributed by atoms with Crippen molar-refractivity contribution in [2.24, 2.45) is 5.10 Å². The third-order valence-electron chi connectivity index (χ3n) is 6.05. The Labute approximate surface area is 208 Å². The molecule has 0 saturated heterocycles. The SMILES string of the molecule is CCOC(=O)C1=NN(C(=O)CCN2c3ccccc3Sc3ccccc32)C(O)(c2ccccc2)C1. The van der Waals surface area contributed by atoms with Crippen molar-refractivity contribution < 1.29 is 19.4 Å². The Hall–Kier alpha value is -3.62. The fourth-order valence-corrected chi connectivity index (χ4v) is 5.50. The molecule has 0 aliphatic carbocycles. The third-order valence-corrected chi connectivity index (χ3v) is 7.18. The van der Waals surface area contributed by atoms with Crippen molar-refractivity contribution in [1.82, 2.24) is 5.01 Å². The van der Waals surface area contributed by atoms with Gasteiger partial charge < -0.3 is 14.7 Å². The van der Waals surface area contributed by atoms with Crippen LogP contribution in [0.2, 0.25) is 0 Å². The van der Waals surface area contributed by atoms with Crippen LogP contribution in [-0.2, 0) is 20.1 Å². The predicted molar refractivity (Wildman–Crippen MR) is 134 cm³/mol. The standard InChI is InChI=1S/C27H25N3O4S/c1-2-34-26(32)20-18-27(33,19-10-4-3-5-11-19)30(28-20)25(31)16-17-29-21-12-6-8-14-23(21)35-24-15-9-7-13-22(24)29/h3-15,33H,2,16-18H2,1H3. The highest BCUT2D eigenvalue weighted by Crippen LogP contribution is 2.48. The van der Waals surface area contributed by atoms with Gasteiger partial charge in [0.1, 0.15) is 0 Å². The number of carbonyl (C=O) groups excluding carboxylic acids is 2. The molecule has 1 amide bonds. The zero-order chi connectivity index (χ0) is 24.4. The molecule has 2 aliphatic heterocycles. The molecule has 1 N–H and O–H groups in total. The lowest BCUT2D eigenvalue weighted by atomic mass is 9.97. The van der Waals surface area contributed by atoms with Crippen LogP contribution in [-0.4, -0.2) is 40.9 Å². The van der Waals surface area contributed by atoms with E-state index in [4.69, 9.17) is 4.74 Å². The van der Waals surface area contributed by atoms with Crippen molar-refractivity contribution in [1.29, 1.82) is 0 Å². The Balaban J connectivity index is 1.43. The summed E-state index contributed by atoms with van der Waals surface area (Å²) in [6.45, 7) is 2.27. The van der Waals surface area contributed by atoms with E-state index >= 15 is 0 Å². The molecule has 2 aliphatic rings. The van der Waals surface area contributed by atoms with Crippen LogP contribution in [0, 0.1) is 0 Å². The molecule has 0 spiro atoms. The number of esters is 1. The number of para-hydroxylation sites is 2. The maximum atomic E-state index is 13.5. The van der Waals surface area contributed by atoms with Crippen molar-refractivity contribution in [3.63, 3.8) is 0 Å². The van der Waals surface area contributed by atoms with Gasteiger partial charge in [-0.15, -0.1) is 0 Å². The summed E-state index contributed by atoms with van der Waals surface area (Å²) in [4.78, 5) is 30.2. The summed E-state index contributed by atoms with van der Waals surface area (Å²) in [5.74, 6) is -1.02. The molecule has 7 nitrogen and oxygen atoms in total. The highest BCUT2D eigenvalue weighted by atomic mass is 32.2. The Morgan fingerprint density at radius 2 is 1.57 bits per heavy atom. The van der Waals surface area contributed by atoms with E-state index in [9.17, 15) is 14.7 Å². The van der Waals surface area contributed by atoms with Crippen molar-refractivity contribution >= 4 is 40.7 Å². The first-order chi connectivity index (χ1) is 17.0. The summed E-state index contributed by atoms with van der Waals surface area (Å²) in [6.07, 6.45) is -0.0459. The first-order valence-electron chi connectivity index (χ1n) is 11.5. The maximum Gasteiger partial charge on any atom is 0.354 e. The van der Waals surface area contributed by atoms with Crippen LogP contribution >= 0.6 is 11.8 Å². The van der Waals surface area contributed by atoms with Crippen LogP contribution in [0.15, 0.2) is 93.8 Å². The summed E-state index contributed by atoms with van der Waals surface area (Å²) in [6, 6.07) is 25.0. The molecule has 5 rings (SSSR count). The summed E-state index contributed by atoms with van der Waals surface area (Å²) in [5.41, 5.74) is 0.811. The van der Waals surface area contributed by atoms with E-state index in [2.05, 4.69) is 22.1 Å². The van der Waals surface area contributed by atoms with Gasteiger partial charge in [0.2, 0.25) is 5.91 Å². The second-order valence-corrected chi connectivity index (χ2v) is 9.36. The number of amides is 1. The molecule has 2 heterocycles. The second-order valence-electron chi connectivity index (χ2n) is 8.27. The summed E-state index contributed by atoms with van der Waals surface area (Å²) in [7, 11) is 0. The molecule has 0 fully saturated rings.